The van der Waals surface area contributed by atoms with E-state index in [9.17, 15) is 18.0 Å². The number of halogens is 4. The van der Waals surface area contributed by atoms with Crippen LogP contribution >= 0.6 is 11.6 Å². The van der Waals surface area contributed by atoms with E-state index in [4.69, 9.17) is 21.1 Å². The third-order valence-corrected chi connectivity index (χ3v) is 4.21. The lowest BCUT2D eigenvalue weighted by Crippen LogP contribution is -2.19. The standard InChI is InChI=1S/C19H19ClF3NO3/c1-12-14(20)4-3-5-15(12)24-18(25)9-7-13-6-8-16(17(10-13)26-2)27-11-19(21,22)23/h3-6,8,10H,7,9,11H2,1-2H3,(H,24,25). The molecule has 8 heteroatoms. The van der Waals surface area contributed by atoms with E-state index < -0.39 is 12.8 Å². The summed E-state index contributed by atoms with van der Waals surface area (Å²) in [6, 6.07) is 9.81. The Kier molecular flexibility index (Phi) is 6.96. The number of hydrogen-bond donors (Lipinski definition) is 1. The fourth-order valence-corrected chi connectivity index (χ4v) is 2.53. The van der Waals surface area contributed by atoms with Gasteiger partial charge in [0.25, 0.3) is 0 Å². The first-order valence-electron chi connectivity index (χ1n) is 8.11. The zero-order chi connectivity index (χ0) is 20.0. The maximum Gasteiger partial charge on any atom is 0.422 e. The van der Waals surface area contributed by atoms with Gasteiger partial charge in [-0.3, -0.25) is 4.79 Å². The zero-order valence-electron chi connectivity index (χ0n) is 14.8. The maximum absolute atomic E-state index is 12.3. The van der Waals surface area contributed by atoms with Gasteiger partial charge in [-0.05, 0) is 48.7 Å². The van der Waals surface area contributed by atoms with Crippen LogP contribution in [-0.4, -0.2) is 25.8 Å². The van der Waals surface area contributed by atoms with E-state index in [1.807, 2.05) is 6.92 Å². The van der Waals surface area contributed by atoms with Crippen molar-refractivity contribution in [2.24, 2.45) is 0 Å². The third-order valence-electron chi connectivity index (χ3n) is 3.80. The number of amides is 1. The van der Waals surface area contributed by atoms with Crippen molar-refractivity contribution in [3.05, 3.63) is 52.5 Å². The molecule has 0 saturated carbocycles. The summed E-state index contributed by atoms with van der Waals surface area (Å²) in [7, 11) is 1.34. The Morgan fingerprint density at radius 1 is 1.19 bits per heavy atom. The average Bonchev–Trinajstić information content (AvgIpc) is 2.61. The molecule has 4 nitrogen and oxygen atoms in total. The molecule has 0 unspecified atom stereocenters. The molecule has 0 aromatic heterocycles. The molecule has 27 heavy (non-hydrogen) atoms. The van der Waals surface area contributed by atoms with E-state index >= 15 is 0 Å². The first-order chi connectivity index (χ1) is 12.7. The Bertz CT molecular complexity index is 809. The number of rotatable bonds is 7. The van der Waals surface area contributed by atoms with Gasteiger partial charge in [0.2, 0.25) is 5.91 Å². The van der Waals surface area contributed by atoms with E-state index in [0.717, 1.165) is 11.1 Å². The average molecular weight is 402 g/mol. The van der Waals surface area contributed by atoms with E-state index in [2.05, 4.69) is 5.32 Å². The molecule has 1 N–H and O–H groups in total. The second-order valence-electron chi connectivity index (χ2n) is 5.85. The number of hydrogen-bond acceptors (Lipinski definition) is 3. The predicted octanol–water partition coefficient (Wildman–Crippen LogP) is 5.17. The summed E-state index contributed by atoms with van der Waals surface area (Å²) in [5, 5.41) is 3.36. The van der Waals surface area contributed by atoms with Gasteiger partial charge in [-0.25, -0.2) is 0 Å². The first kappa shape index (κ1) is 20.9. The molecule has 0 radical (unpaired) electrons. The van der Waals surface area contributed by atoms with Gasteiger partial charge < -0.3 is 14.8 Å². The predicted molar refractivity (Wildman–Crippen MR) is 97.7 cm³/mol. The van der Waals surface area contributed by atoms with Crippen LogP contribution in [0.1, 0.15) is 17.5 Å². The SMILES string of the molecule is COc1cc(CCC(=O)Nc2cccc(Cl)c2C)ccc1OCC(F)(F)F. The van der Waals surface area contributed by atoms with Crippen molar-refractivity contribution >= 4 is 23.2 Å². The van der Waals surface area contributed by atoms with Crippen molar-refractivity contribution in [3.8, 4) is 11.5 Å². The van der Waals surface area contributed by atoms with Crippen molar-refractivity contribution < 1.29 is 27.4 Å². The molecule has 1 amide bonds. The van der Waals surface area contributed by atoms with Gasteiger partial charge in [0, 0.05) is 17.1 Å². The topological polar surface area (TPSA) is 47.6 Å². The second-order valence-corrected chi connectivity index (χ2v) is 6.26. The molecule has 0 bridgehead atoms. The summed E-state index contributed by atoms with van der Waals surface area (Å²) in [5.74, 6) is -0.0165. The van der Waals surface area contributed by atoms with Gasteiger partial charge in [-0.15, -0.1) is 0 Å². The molecule has 0 aliphatic rings. The summed E-state index contributed by atoms with van der Waals surface area (Å²) in [6.07, 6.45) is -3.85. The molecule has 2 rings (SSSR count). The smallest absolute Gasteiger partial charge is 0.422 e. The summed E-state index contributed by atoms with van der Waals surface area (Å²) >= 11 is 6.02. The van der Waals surface area contributed by atoms with Gasteiger partial charge in [-0.1, -0.05) is 23.7 Å². The van der Waals surface area contributed by atoms with Gasteiger partial charge in [-0.2, -0.15) is 13.2 Å². The van der Waals surface area contributed by atoms with Crippen LogP contribution in [-0.2, 0) is 11.2 Å². The van der Waals surface area contributed by atoms with Crippen LogP contribution in [0.15, 0.2) is 36.4 Å². The Hall–Kier alpha value is -2.41. The lowest BCUT2D eigenvalue weighted by atomic mass is 10.1. The van der Waals surface area contributed by atoms with Crippen molar-refractivity contribution in [1.29, 1.82) is 0 Å². The van der Waals surface area contributed by atoms with Crippen molar-refractivity contribution in [3.63, 3.8) is 0 Å². The molecule has 2 aromatic carbocycles. The molecule has 2 aromatic rings. The number of methoxy groups -OCH3 is 1. The van der Waals surface area contributed by atoms with Gasteiger partial charge in [0.1, 0.15) is 0 Å². The third kappa shape index (κ3) is 6.36. The molecule has 0 saturated heterocycles. The molecule has 0 atom stereocenters. The van der Waals surface area contributed by atoms with Crippen LogP contribution < -0.4 is 14.8 Å². The summed E-state index contributed by atoms with van der Waals surface area (Å²) in [5.41, 5.74) is 2.16. The van der Waals surface area contributed by atoms with E-state index in [1.165, 1.54) is 13.2 Å². The number of anilines is 1. The summed E-state index contributed by atoms with van der Waals surface area (Å²) in [6.45, 7) is 0.409. The number of carbonyl (C=O) groups excluding carboxylic acids is 1. The Morgan fingerprint density at radius 3 is 2.59 bits per heavy atom. The minimum atomic E-state index is -4.43. The highest BCUT2D eigenvalue weighted by Gasteiger charge is 2.29. The highest BCUT2D eigenvalue weighted by molar-refractivity contribution is 6.31. The Balaban J connectivity index is 1.97. The van der Waals surface area contributed by atoms with E-state index in [0.29, 0.717) is 17.1 Å². The van der Waals surface area contributed by atoms with E-state index in [-0.39, 0.29) is 23.8 Å². The molecule has 0 aliphatic heterocycles. The highest BCUT2D eigenvalue weighted by Crippen LogP contribution is 2.30. The molecular formula is C19H19ClF3NO3. The normalized spacial score (nSPS) is 11.2. The minimum absolute atomic E-state index is 0.00224. The summed E-state index contributed by atoms with van der Waals surface area (Å²) in [4.78, 5) is 12.1. The number of aryl methyl sites for hydroxylation is 1. The Morgan fingerprint density at radius 2 is 1.93 bits per heavy atom. The molecule has 0 aliphatic carbocycles. The van der Waals surface area contributed by atoms with Crippen molar-refractivity contribution in [2.75, 3.05) is 19.0 Å². The fourth-order valence-electron chi connectivity index (χ4n) is 2.36. The first-order valence-corrected chi connectivity index (χ1v) is 8.49. The molecule has 0 fully saturated rings. The highest BCUT2D eigenvalue weighted by atomic mass is 35.5. The number of ether oxygens (including phenoxy) is 2. The lowest BCUT2D eigenvalue weighted by Gasteiger charge is -2.14. The molecule has 0 heterocycles. The fraction of sp³-hybridized carbons (Fsp3) is 0.316. The largest absolute Gasteiger partial charge is 0.493 e. The van der Waals surface area contributed by atoms with Crippen LogP contribution in [0.4, 0.5) is 18.9 Å². The van der Waals surface area contributed by atoms with Crippen LogP contribution in [0.2, 0.25) is 5.02 Å². The van der Waals surface area contributed by atoms with Crippen LogP contribution in [0.25, 0.3) is 0 Å². The van der Waals surface area contributed by atoms with E-state index in [1.54, 1.807) is 30.3 Å². The molecule has 146 valence electrons. The number of alkyl halides is 3. The van der Waals surface area contributed by atoms with Crippen LogP contribution in [0, 0.1) is 6.92 Å². The second kappa shape index (κ2) is 8.99. The lowest BCUT2D eigenvalue weighted by molar-refractivity contribution is -0.153. The summed E-state index contributed by atoms with van der Waals surface area (Å²) < 4.78 is 46.6. The molecule has 0 spiro atoms. The zero-order valence-corrected chi connectivity index (χ0v) is 15.6. The van der Waals surface area contributed by atoms with Crippen LogP contribution in [0.5, 0.6) is 11.5 Å². The van der Waals surface area contributed by atoms with Crippen molar-refractivity contribution in [1.82, 2.24) is 0 Å². The maximum atomic E-state index is 12.3. The number of benzene rings is 2. The quantitative estimate of drug-likeness (QED) is 0.696. The van der Waals surface area contributed by atoms with Crippen molar-refractivity contribution in [2.45, 2.75) is 25.9 Å². The van der Waals surface area contributed by atoms with Crippen LogP contribution in [0.3, 0.4) is 0 Å². The minimum Gasteiger partial charge on any atom is -0.493 e. The number of nitrogens with one attached hydrogen (secondary N) is 1. The monoisotopic (exact) mass is 401 g/mol. The van der Waals surface area contributed by atoms with Gasteiger partial charge in [0.05, 0.1) is 7.11 Å². The molecular weight excluding hydrogens is 383 g/mol. The van der Waals surface area contributed by atoms with Gasteiger partial charge >= 0.3 is 6.18 Å². The Labute approximate surface area is 160 Å². The number of carbonyl (C=O) groups is 1. The van der Waals surface area contributed by atoms with Gasteiger partial charge in [0.15, 0.2) is 18.1 Å².